The van der Waals surface area contributed by atoms with Gasteiger partial charge in [0.15, 0.2) is 0 Å². The first-order valence-electron chi connectivity index (χ1n) is 8.21. The van der Waals surface area contributed by atoms with Gasteiger partial charge in [0.2, 0.25) is 0 Å². The summed E-state index contributed by atoms with van der Waals surface area (Å²) in [5.41, 5.74) is 3.07. The van der Waals surface area contributed by atoms with Crippen LogP contribution in [0.3, 0.4) is 0 Å². The Hall–Kier alpha value is -1.51. The molecule has 1 aliphatic rings. The Bertz CT molecular complexity index is 478. The fraction of sp³-hybridized carbons (Fsp3) is 0.611. The van der Waals surface area contributed by atoms with E-state index in [9.17, 15) is 4.79 Å². The van der Waals surface area contributed by atoms with Gasteiger partial charge in [-0.05, 0) is 55.9 Å². The van der Waals surface area contributed by atoms with Crippen molar-refractivity contribution in [2.75, 3.05) is 25.5 Å². The molecule has 3 nitrogen and oxygen atoms in total. The molecule has 0 heterocycles. The summed E-state index contributed by atoms with van der Waals surface area (Å²) >= 11 is 0. The molecular formula is C18H28N2O. The van der Waals surface area contributed by atoms with Crippen molar-refractivity contribution in [3.8, 4) is 0 Å². The molecular weight excluding hydrogens is 260 g/mol. The Kier molecular flexibility index (Phi) is 5.66. The quantitative estimate of drug-likeness (QED) is 0.855. The predicted molar refractivity (Wildman–Crippen MR) is 88.9 cm³/mol. The molecule has 1 amide bonds. The lowest BCUT2D eigenvalue weighted by atomic mass is 10.1. The lowest BCUT2D eigenvalue weighted by Crippen LogP contribution is -2.31. The van der Waals surface area contributed by atoms with E-state index in [1.807, 2.05) is 30.1 Å². The molecule has 0 atom stereocenters. The molecule has 1 aliphatic carbocycles. The molecule has 0 radical (unpaired) electrons. The maximum atomic E-state index is 12.5. The van der Waals surface area contributed by atoms with Gasteiger partial charge in [-0.15, -0.1) is 0 Å². The van der Waals surface area contributed by atoms with Gasteiger partial charge in [0.25, 0.3) is 5.91 Å². The molecule has 0 spiro atoms. The van der Waals surface area contributed by atoms with E-state index in [2.05, 4.69) is 19.2 Å². The molecule has 1 saturated carbocycles. The van der Waals surface area contributed by atoms with E-state index in [-0.39, 0.29) is 5.91 Å². The van der Waals surface area contributed by atoms with Crippen LogP contribution in [0.15, 0.2) is 18.2 Å². The third-order valence-corrected chi connectivity index (χ3v) is 4.39. The van der Waals surface area contributed by atoms with Crippen molar-refractivity contribution in [2.24, 2.45) is 5.92 Å². The molecule has 3 heteroatoms. The van der Waals surface area contributed by atoms with Gasteiger partial charge in [0.05, 0.1) is 0 Å². The summed E-state index contributed by atoms with van der Waals surface area (Å²) in [6, 6.07) is 5.98. The first-order chi connectivity index (χ1) is 10.1. The topological polar surface area (TPSA) is 32.3 Å². The third kappa shape index (κ3) is 4.23. The molecule has 0 unspecified atom stereocenters. The Labute approximate surface area is 128 Å². The number of amides is 1. The van der Waals surface area contributed by atoms with Crippen molar-refractivity contribution >= 4 is 11.6 Å². The van der Waals surface area contributed by atoms with E-state index in [1.54, 1.807) is 0 Å². The maximum Gasteiger partial charge on any atom is 0.253 e. The van der Waals surface area contributed by atoms with E-state index >= 15 is 0 Å². The normalized spacial score (nSPS) is 15.2. The van der Waals surface area contributed by atoms with Crippen LogP contribution in [0.1, 0.15) is 54.9 Å². The van der Waals surface area contributed by atoms with E-state index < -0.39 is 0 Å². The third-order valence-electron chi connectivity index (χ3n) is 4.39. The standard InChI is InChI=1S/C18H28N2O/c1-4-11-19-17-10-9-16(12-14(17)2)18(21)20(3)13-15-7-5-6-8-15/h9-10,12,15,19H,4-8,11,13H2,1-3H3. The lowest BCUT2D eigenvalue weighted by molar-refractivity contribution is 0.0773. The van der Waals surface area contributed by atoms with Gasteiger partial charge in [-0.1, -0.05) is 19.8 Å². The van der Waals surface area contributed by atoms with Gasteiger partial charge in [0.1, 0.15) is 0 Å². The zero-order valence-corrected chi connectivity index (χ0v) is 13.6. The minimum Gasteiger partial charge on any atom is -0.385 e. The molecule has 1 aromatic carbocycles. The molecule has 0 bridgehead atoms. The molecule has 21 heavy (non-hydrogen) atoms. The second-order valence-corrected chi connectivity index (χ2v) is 6.29. The summed E-state index contributed by atoms with van der Waals surface area (Å²) in [6.07, 6.45) is 6.30. The van der Waals surface area contributed by atoms with Gasteiger partial charge in [0, 0.05) is 31.4 Å². The number of carbonyl (C=O) groups excluding carboxylic acids is 1. The zero-order chi connectivity index (χ0) is 15.2. The van der Waals surface area contributed by atoms with E-state index in [0.717, 1.165) is 36.3 Å². The molecule has 0 aromatic heterocycles. The Morgan fingerprint density at radius 1 is 1.33 bits per heavy atom. The van der Waals surface area contributed by atoms with Crippen LogP contribution in [0.2, 0.25) is 0 Å². The SMILES string of the molecule is CCCNc1ccc(C(=O)N(C)CC2CCCC2)cc1C. The largest absolute Gasteiger partial charge is 0.385 e. The number of nitrogens with one attached hydrogen (secondary N) is 1. The summed E-state index contributed by atoms with van der Waals surface area (Å²) < 4.78 is 0. The fourth-order valence-corrected chi connectivity index (χ4v) is 3.14. The van der Waals surface area contributed by atoms with Gasteiger partial charge >= 0.3 is 0 Å². The van der Waals surface area contributed by atoms with Crippen molar-refractivity contribution < 1.29 is 4.79 Å². The van der Waals surface area contributed by atoms with Crippen LogP contribution in [0.4, 0.5) is 5.69 Å². The lowest BCUT2D eigenvalue weighted by Gasteiger charge is -2.21. The number of hydrogen-bond acceptors (Lipinski definition) is 2. The van der Waals surface area contributed by atoms with Crippen LogP contribution in [0, 0.1) is 12.8 Å². The summed E-state index contributed by atoms with van der Waals surface area (Å²) in [4.78, 5) is 14.4. The molecule has 1 fully saturated rings. The highest BCUT2D eigenvalue weighted by Gasteiger charge is 2.20. The molecule has 1 N–H and O–H groups in total. The maximum absolute atomic E-state index is 12.5. The minimum atomic E-state index is 0.145. The van der Waals surface area contributed by atoms with Gasteiger partial charge < -0.3 is 10.2 Å². The number of nitrogens with zero attached hydrogens (tertiary/aromatic N) is 1. The van der Waals surface area contributed by atoms with Crippen molar-refractivity contribution in [3.63, 3.8) is 0 Å². The van der Waals surface area contributed by atoms with Gasteiger partial charge in [-0.3, -0.25) is 4.79 Å². The molecule has 0 aliphatic heterocycles. The second kappa shape index (κ2) is 7.48. The molecule has 1 aromatic rings. The van der Waals surface area contributed by atoms with E-state index in [4.69, 9.17) is 0 Å². The molecule has 116 valence electrons. The van der Waals surface area contributed by atoms with Crippen molar-refractivity contribution in [1.82, 2.24) is 4.90 Å². The first-order valence-corrected chi connectivity index (χ1v) is 8.21. The number of aryl methyl sites for hydroxylation is 1. The number of rotatable bonds is 6. The summed E-state index contributed by atoms with van der Waals surface area (Å²) in [6.45, 7) is 6.08. The fourth-order valence-electron chi connectivity index (χ4n) is 3.14. The number of hydrogen-bond donors (Lipinski definition) is 1. The van der Waals surface area contributed by atoms with E-state index in [0.29, 0.717) is 5.92 Å². The number of anilines is 1. The van der Waals surface area contributed by atoms with Crippen molar-refractivity contribution in [1.29, 1.82) is 0 Å². The number of benzene rings is 1. The van der Waals surface area contributed by atoms with Crippen LogP contribution >= 0.6 is 0 Å². The molecule has 2 rings (SSSR count). The summed E-state index contributed by atoms with van der Waals surface area (Å²) in [5.74, 6) is 0.845. The van der Waals surface area contributed by atoms with E-state index in [1.165, 1.54) is 25.7 Å². The monoisotopic (exact) mass is 288 g/mol. The Balaban J connectivity index is 1.99. The predicted octanol–water partition coefficient (Wildman–Crippen LogP) is 4.08. The van der Waals surface area contributed by atoms with Crippen molar-refractivity contribution in [3.05, 3.63) is 29.3 Å². The first kappa shape index (κ1) is 15.9. The summed E-state index contributed by atoms with van der Waals surface area (Å²) in [7, 11) is 1.93. The van der Waals surface area contributed by atoms with Gasteiger partial charge in [-0.2, -0.15) is 0 Å². The highest BCUT2D eigenvalue weighted by atomic mass is 16.2. The van der Waals surface area contributed by atoms with Crippen LogP contribution < -0.4 is 5.32 Å². The van der Waals surface area contributed by atoms with Crippen LogP contribution in [-0.4, -0.2) is 30.9 Å². The molecule has 0 saturated heterocycles. The van der Waals surface area contributed by atoms with Gasteiger partial charge in [-0.25, -0.2) is 0 Å². The average Bonchev–Trinajstić information content (AvgIpc) is 2.98. The van der Waals surface area contributed by atoms with Crippen LogP contribution in [0.5, 0.6) is 0 Å². The minimum absolute atomic E-state index is 0.145. The number of carbonyl (C=O) groups is 1. The van der Waals surface area contributed by atoms with Crippen LogP contribution in [0.25, 0.3) is 0 Å². The highest BCUT2D eigenvalue weighted by Crippen LogP contribution is 2.26. The van der Waals surface area contributed by atoms with Crippen LogP contribution in [-0.2, 0) is 0 Å². The average molecular weight is 288 g/mol. The summed E-state index contributed by atoms with van der Waals surface area (Å²) in [5, 5.41) is 3.39. The Morgan fingerprint density at radius 3 is 2.67 bits per heavy atom. The highest BCUT2D eigenvalue weighted by molar-refractivity contribution is 5.94. The second-order valence-electron chi connectivity index (χ2n) is 6.29. The smallest absolute Gasteiger partial charge is 0.253 e. The van der Waals surface area contributed by atoms with Crippen molar-refractivity contribution in [2.45, 2.75) is 46.0 Å². The zero-order valence-electron chi connectivity index (χ0n) is 13.6. The Morgan fingerprint density at radius 2 is 2.05 bits per heavy atom.